The minimum absolute atomic E-state index is 0.0196. The molecule has 5 nitrogen and oxygen atoms in total. The number of hydrogen-bond acceptors (Lipinski definition) is 5. The van der Waals surface area contributed by atoms with Gasteiger partial charge in [0, 0.05) is 13.5 Å². The van der Waals surface area contributed by atoms with Gasteiger partial charge in [-0.2, -0.15) is 5.26 Å². The van der Waals surface area contributed by atoms with E-state index in [9.17, 15) is 15.0 Å². The van der Waals surface area contributed by atoms with Crippen LogP contribution in [0.4, 0.5) is 0 Å². The van der Waals surface area contributed by atoms with Crippen LogP contribution >= 0.6 is 11.3 Å². The highest BCUT2D eigenvalue weighted by Crippen LogP contribution is 2.22. The molecule has 3 N–H and O–H groups in total. The SMILES string of the molecule is CC(=O)NCC(O)C(O)c1csc(C#N)c1. The van der Waals surface area contributed by atoms with Crippen molar-refractivity contribution < 1.29 is 15.0 Å². The van der Waals surface area contributed by atoms with E-state index >= 15 is 0 Å². The van der Waals surface area contributed by atoms with Gasteiger partial charge in [-0.05, 0) is 17.0 Å². The van der Waals surface area contributed by atoms with Gasteiger partial charge in [0.25, 0.3) is 0 Å². The molecule has 2 atom stereocenters. The van der Waals surface area contributed by atoms with E-state index in [-0.39, 0.29) is 12.5 Å². The van der Waals surface area contributed by atoms with Crippen molar-refractivity contribution >= 4 is 17.2 Å². The van der Waals surface area contributed by atoms with Crippen molar-refractivity contribution in [2.75, 3.05) is 6.54 Å². The second-order valence-electron chi connectivity index (χ2n) is 3.31. The molecule has 0 fully saturated rings. The number of hydrogen-bond donors (Lipinski definition) is 3. The summed E-state index contributed by atoms with van der Waals surface area (Å²) in [7, 11) is 0. The zero-order valence-corrected chi connectivity index (χ0v) is 9.49. The molecule has 2 unspecified atom stereocenters. The zero-order valence-electron chi connectivity index (χ0n) is 8.67. The summed E-state index contributed by atoms with van der Waals surface area (Å²) in [5.41, 5.74) is 0.486. The third-order valence-electron chi connectivity index (χ3n) is 2.00. The van der Waals surface area contributed by atoms with Crippen LogP contribution in [0.25, 0.3) is 0 Å². The highest BCUT2D eigenvalue weighted by atomic mass is 32.1. The van der Waals surface area contributed by atoms with Crippen molar-refractivity contribution in [3.8, 4) is 6.07 Å². The summed E-state index contributed by atoms with van der Waals surface area (Å²) in [6.45, 7) is 1.31. The van der Waals surface area contributed by atoms with E-state index < -0.39 is 12.2 Å². The number of aliphatic hydroxyl groups excluding tert-OH is 2. The normalized spacial score (nSPS) is 13.9. The van der Waals surface area contributed by atoms with Crippen molar-refractivity contribution in [3.63, 3.8) is 0 Å². The van der Waals surface area contributed by atoms with Crippen molar-refractivity contribution in [1.29, 1.82) is 5.26 Å². The molecule has 0 radical (unpaired) electrons. The van der Waals surface area contributed by atoms with Crippen LogP contribution in [0.5, 0.6) is 0 Å². The predicted molar refractivity (Wildman–Crippen MR) is 58.7 cm³/mol. The van der Waals surface area contributed by atoms with E-state index in [1.165, 1.54) is 24.3 Å². The summed E-state index contributed by atoms with van der Waals surface area (Å²) in [6.07, 6.45) is -2.17. The number of carbonyl (C=O) groups is 1. The summed E-state index contributed by atoms with van der Waals surface area (Å²) < 4.78 is 0. The Hall–Kier alpha value is -1.42. The first-order valence-electron chi connectivity index (χ1n) is 4.63. The van der Waals surface area contributed by atoms with E-state index in [4.69, 9.17) is 5.26 Å². The van der Waals surface area contributed by atoms with E-state index in [0.29, 0.717) is 10.4 Å². The van der Waals surface area contributed by atoms with Crippen LogP contribution in [0.15, 0.2) is 11.4 Å². The third-order valence-corrected chi connectivity index (χ3v) is 2.85. The monoisotopic (exact) mass is 240 g/mol. The molecule has 1 rings (SSSR count). The van der Waals surface area contributed by atoms with Gasteiger partial charge in [0.1, 0.15) is 23.2 Å². The van der Waals surface area contributed by atoms with Gasteiger partial charge >= 0.3 is 0 Å². The van der Waals surface area contributed by atoms with Crippen molar-refractivity contribution in [1.82, 2.24) is 5.32 Å². The molecule has 0 bridgehead atoms. The lowest BCUT2D eigenvalue weighted by Crippen LogP contribution is -2.34. The largest absolute Gasteiger partial charge is 0.388 e. The second kappa shape index (κ2) is 5.61. The molecule has 16 heavy (non-hydrogen) atoms. The van der Waals surface area contributed by atoms with Crippen LogP contribution in [0, 0.1) is 11.3 Å². The number of nitrogens with one attached hydrogen (secondary N) is 1. The Labute approximate surface area is 97.0 Å². The number of rotatable bonds is 4. The maximum Gasteiger partial charge on any atom is 0.216 e. The van der Waals surface area contributed by atoms with Gasteiger partial charge in [0.2, 0.25) is 5.91 Å². The van der Waals surface area contributed by atoms with Gasteiger partial charge in [-0.1, -0.05) is 0 Å². The Balaban J connectivity index is 2.59. The van der Waals surface area contributed by atoms with Crippen molar-refractivity contribution in [2.24, 2.45) is 0 Å². The van der Waals surface area contributed by atoms with Crippen molar-refractivity contribution in [2.45, 2.75) is 19.1 Å². The number of amides is 1. The van der Waals surface area contributed by atoms with Gasteiger partial charge in [-0.25, -0.2) is 0 Å². The third kappa shape index (κ3) is 3.31. The summed E-state index contributed by atoms with van der Waals surface area (Å²) in [6, 6.07) is 3.47. The number of thiophene rings is 1. The van der Waals surface area contributed by atoms with Gasteiger partial charge in [-0.15, -0.1) is 11.3 Å². The van der Waals surface area contributed by atoms with Gasteiger partial charge in [-0.3, -0.25) is 4.79 Å². The molecule has 6 heteroatoms. The number of carbonyl (C=O) groups excluding carboxylic acids is 1. The molecule has 0 saturated carbocycles. The average Bonchev–Trinajstić information content (AvgIpc) is 2.73. The van der Waals surface area contributed by atoms with E-state index in [1.54, 1.807) is 5.38 Å². The van der Waals surface area contributed by atoms with Gasteiger partial charge < -0.3 is 15.5 Å². The maximum atomic E-state index is 10.6. The van der Waals surface area contributed by atoms with Crippen LogP contribution in [-0.2, 0) is 4.79 Å². The Kier molecular flexibility index (Phi) is 4.43. The minimum atomic E-state index is -1.09. The summed E-state index contributed by atoms with van der Waals surface area (Å²) in [4.78, 5) is 11.1. The molecule has 0 aromatic carbocycles. The fraction of sp³-hybridized carbons (Fsp3) is 0.400. The van der Waals surface area contributed by atoms with E-state index in [1.807, 2.05) is 6.07 Å². The number of nitrogens with zero attached hydrogens (tertiary/aromatic N) is 1. The lowest BCUT2D eigenvalue weighted by molar-refractivity contribution is -0.119. The van der Waals surface area contributed by atoms with Gasteiger partial charge in [0.05, 0.1) is 0 Å². The summed E-state index contributed by atoms with van der Waals surface area (Å²) >= 11 is 1.20. The summed E-state index contributed by atoms with van der Waals surface area (Å²) in [5, 5.41) is 31.9. The summed E-state index contributed by atoms with van der Waals surface area (Å²) in [5.74, 6) is -0.269. The van der Waals surface area contributed by atoms with Crippen molar-refractivity contribution in [3.05, 3.63) is 21.9 Å². The fourth-order valence-corrected chi connectivity index (χ4v) is 1.87. The highest BCUT2D eigenvalue weighted by molar-refractivity contribution is 7.10. The molecule has 0 aliphatic heterocycles. The Bertz CT molecular complexity index is 410. The first-order valence-corrected chi connectivity index (χ1v) is 5.51. The molecule has 86 valence electrons. The van der Waals surface area contributed by atoms with E-state index in [0.717, 1.165) is 0 Å². The van der Waals surface area contributed by atoms with Gasteiger partial charge in [0.15, 0.2) is 0 Å². The first kappa shape index (κ1) is 12.6. The predicted octanol–water partition coefficient (Wildman–Crippen LogP) is 0.150. The molecule has 1 amide bonds. The molecule has 0 aliphatic rings. The van der Waals surface area contributed by atoms with E-state index in [2.05, 4.69) is 5.32 Å². The van der Waals surface area contributed by atoms with Crippen LogP contribution in [0.3, 0.4) is 0 Å². The Morgan fingerprint density at radius 1 is 1.69 bits per heavy atom. The molecule has 0 aliphatic carbocycles. The molecule has 1 aromatic heterocycles. The average molecular weight is 240 g/mol. The smallest absolute Gasteiger partial charge is 0.216 e. The Morgan fingerprint density at radius 2 is 2.38 bits per heavy atom. The molecule has 0 spiro atoms. The molecule has 0 saturated heterocycles. The maximum absolute atomic E-state index is 10.6. The first-order chi connectivity index (χ1) is 7.54. The van der Waals surface area contributed by atoms with Crippen LogP contribution in [0.1, 0.15) is 23.5 Å². The fourth-order valence-electron chi connectivity index (χ4n) is 1.15. The standard InChI is InChI=1S/C10H12N2O3S/c1-6(13)12-4-9(14)10(15)7-2-8(3-11)16-5-7/h2,5,9-10,14-15H,4H2,1H3,(H,12,13). The number of nitriles is 1. The molecule has 1 aromatic rings. The molecule has 1 heterocycles. The minimum Gasteiger partial charge on any atom is -0.388 e. The number of aliphatic hydroxyl groups is 2. The van der Waals surface area contributed by atoms with Crippen LogP contribution in [-0.4, -0.2) is 28.8 Å². The van der Waals surface area contributed by atoms with Crippen LogP contribution in [0.2, 0.25) is 0 Å². The zero-order chi connectivity index (χ0) is 12.1. The molecular formula is C10H12N2O3S. The lowest BCUT2D eigenvalue weighted by atomic mass is 10.1. The Morgan fingerprint density at radius 3 is 2.88 bits per heavy atom. The topological polar surface area (TPSA) is 93.3 Å². The highest BCUT2D eigenvalue weighted by Gasteiger charge is 2.19. The molecular weight excluding hydrogens is 228 g/mol. The lowest BCUT2D eigenvalue weighted by Gasteiger charge is -2.16. The quantitative estimate of drug-likeness (QED) is 0.698. The van der Waals surface area contributed by atoms with Crippen LogP contribution < -0.4 is 5.32 Å². The second-order valence-corrected chi connectivity index (χ2v) is 4.22.